The highest BCUT2D eigenvalue weighted by molar-refractivity contribution is 6.24. The second-order valence-corrected chi connectivity index (χ2v) is 8.10. The van der Waals surface area contributed by atoms with Crippen molar-refractivity contribution in [2.45, 2.75) is 50.2 Å². The number of alkyl halides is 2. The first-order chi connectivity index (χ1) is 14.2. The van der Waals surface area contributed by atoms with Gasteiger partial charge in [-0.05, 0) is 30.9 Å². The highest BCUT2D eigenvalue weighted by Gasteiger charge is 2.46. The van der Waals surface area contributed by atoms with Gasteiger partial charge in [-0.15, -0.1) is 0 Å². The molecule has 3 aliphatic rings. The van der Waals surface area contributed by atoms with Crippen molar-refractivity contribution in [2.24, 2.45) is 5.73 Å². The molecule has 4 amide bonds. The van der Waals surface area contributed by atoms with E-state index in [2.05, 4.69) is 5.32 Å². The van der Waals surface area contributed by atoms with Gasteiger partial charge in [-0.2, -0.15) is 0 Å². The van der Waals surface area contributed by atoms with Crippen LogP contribution in [0.4, 0.5) is 8.78 Å². The first-order valence-corrected chi connectivity index (χ1v) is 9.84. The van der Waals surface area contributed by atoms with Crippen molar-refractivity contribution in [3.05, 3.63) is 34.9 Å². The molecular weight excluding hydrogens is 398 g/mol. The number of rotatable bonds is 4. The molecule has 1 unspecified atom stereocenters. The van der Waals surface area contributed by atoms with Crippen molar-refractivity contribution in [1.29, 1.82) is 0 Å². The molecule has 0 bridgehead atoms. The Morgan fingerprint density at radius 2 is 1.83 bits per heavy atom. The van der Waals surface area contributed by atoms with E-state index >= 15 is 0 Å². The summed E-state index contributed by atoms with van der Waals surface area (Å²) in [6.45, 7) is 1.01. The van der Waals surface area contributed by atoms with E-state index in [1.165, 1.54) is 6.07 Å². The highest BCUT2D eigenvalue weighted by atomic mass is 19.3. The fourth-order valence-corrected chi connectivity index (χ4v) is 4.30. The molecule has 2 saturated heterocycles. The monoisotopic (exact) mass is 420 g/mol. The second kappa shape index (κ2) is 7.51. The summed E-state index contributed by atoms with van der Waals surface area (Å²) >= 11 is 0. The number of imide groups is 2. The van der Waals surface area contributed by atoms with Gasteiger partial charge in [0.15, 0.2) is 0 Å². The Morgan fingerprint density at radius 3 is 2.47 bits per heavy atom. The van der Waals surface area contributed by atoms with Crippen molar-refractivity contribution < 1.29 is 28.0 Å². The van der Waals surface area contributed by atoms with Gasteiger partial charge in [-0.1, -0.05) is 12.1 Å². The summed E-state index contributed by atoms with van der Waals surface area (Å²) < 4.78 is 26.2. The minimum atomic E-state index is -2.60. The van der Waals surface area contributed by atoms with E-state index in [0.29, 0.717) is 25.2 Å². The maximum Gasteiger partial charge on any atom is 0.262 e. The Labute approximate surface area is 171 Å². The highest BCUT2D eigenvalue weighted by Crippen LogP contribution is 2.32. The molecule has 0 aromatic heterocycles. The number of benzene rings is 1. The molecule has 3 N–H and O–H groups in total. The molecule has 4 rings (SSSR count). The van der Waals surface area contributed by atoms with E-state index in [9.17, 15) is 28.0 Å². The normalized spacial score (nSPS) is 24.4. The maximum absolute atomic E-state index is 13.1. The molecule has 3 aliphatic heterocycles. The quantitative estimate of drug-likeness (QED) is 0.692. The fourth-order valence-electron chi connectivity index (χ4n) is 4.30. The third-order valence-corrected chi connectivity index (χ3v) is 6.17. The van der Waals surface area contributed by atoms with Gasteiger partial charge in [0.05, 0.1) is 16.7 Å². The lowest BCUT2D eigenvalue weighted by molar-refractivity contribution is -0.136. The SMILES string of the molecule is NC1(C(F)F)CCN(Cc2cccc3c2C(=O)N(C2CCC(=O)NC2=O)C3=O)CC1. The minimum Gasteiger partial charge on any atom is -0.320 e. The lowest BCUT2D eigenvalue weighted by Gasteiger charge is -2.38. The van der Waals surface area contributed by atoms with E-state index in [-0.39, 0.29) is 36.8 Å². The van der Waals surface area contributed by atoms with E-state index in [4.69, 9.17) is 5.73 Å². The number of nitrogens with zero attached hydrogens (tertiary/aromatic N) is 2. The summed E-state index contributed by atoms with van der Waals surface area (Å²) in [5, 5.41) is 2.17. The van der Waals surface area contributed by atoms with Crippen LogP contribution in [0.3, 0.4) is 0 Å². The average molecular weight is 420 g/mol. The van der Waals surface area contributed by atoms with Gasteiger partial charge < -0.3 is 5.73 Å². The van der Waals surface area contributed by atoms with Gasteiger partial charge in [0, 0.05) is 26.1 Å². The molecular formula is C20H22F2N4O4. The van der Waals surface area contributed by atoms with Crippen LogP contribution in [0.2, 0.25) is 0 Å². The number of halogens is 2. The Balaban J connectivity index is 1.54. The van der Waals surface area contributed by atoms with Crippen LogP contribution in [-0.4, -0.2) is 64.5 Å². The van der Waals surface area contributed by atoms with E-state index in [1.54, 1.807) is 12.1 Å². The van der Waals surface area contributed by atoms with E-state index in [0.717, 1.165) is 4.90 Å². The van der Waals surface area contributed by atoms with Crippen molar-refractivity contribution >= 4 is 23.6 Å². The van der Waals surface area contributed by atoms with Gasteiger partial charge in [0.2, 0.25) is 11.8 Å². The Morgan fingerprint density at radius 1 is 1.13 bits per heavy atom. The number of piperidine rings is 2. The van der Waals surface area contributed by atoms with Gasteiger partial charge >= 0.3 is 0 Å². The van der Waals surface area contributed by atoms with Gasteiger partial charge in [-0.3, -0.25) is 34.3 Å². The van der Waals surface area contributed by atoms with Crippen LogP contribution in [0, 0.1) is 0 Å². The van der Waals surface area contributed by atoms with Crippen LogP contribution >= 0.6 is 0 Å². The van der Waals surface area contributed by atoms with Gasteiger partial charge in [0.25, 0.3) is 18.2 Å². The summed E-state index contributed by atoms with van der Waals surface area (Å²) in [5.74, 6) is -2.23. The molecule has 8 nitrogen and oxygen atoms in total. The third-order valence-electron chi connectivity index (χ3n) is 6.17. The summed E-state index contributed by atoms with van der Waals surface area (Å²) in [4.78, 5) is 52.4. The predicted octanol–water partition coefficient (Wildman–Crippen LogP) is 0.646. The molecule has 0 aliphatic carbocycles. The zero-order valence-corrected chi connectivity index (χ0v) is 16.2. The molecule has 0 saturated carbocycles. The minimum absolute atomic E-state index is 0.0510. The summed E-state index contributed by atoms with van der Waals surface area (Å²) in [6, 6.07) is 3.88. The molecule has 1 aromatic carbocycles. The number of likely N-dealkylation sites (tertiary alicyclic amines) is 1. The standard InChI is InChI=1S/C20H22F2N4O4/c21-19(22)20(23)6-8-25(9-7-20)10-11-2-1-3-12-15(11)18(30)26(17(12)29)13-4-5-14(27)24-16(13)28/h1-3,13,19H,4-10,23H2,(H,24,27,28). The molecule has 2 fully saturated rings. The van der Waals surface area contributed by atoms with Crippen molar-refractivity contribution in [1.82, 2.24) is 15.1 Å². The first-order valence-electron chi connectivity index (χ1n) is 9.84. The number of nitrogens with one attached hydrogen (secondary N) is 1. The molecule has 0 radical (unpaired) electrons. The third kappa shape index (κ3) is 3.39. The van der Waals surface area contributed by atoms with Crippen LogP contribution in [0.5, 0.6) is 0 Å². The van der Waals surface area contributed by atoms with E-state index < -0.39 is 41.6 Å². The molecule has 1 aromatic rings. The topological polar surface area (TPSA) is 113 Å². The molecule has 3 heterocycles. The smallest absolute Gasteiger partial charge is 0.262 e. The van der Waals surface area contributed by atoms with Crippen molar-refractivity contribution in [2.75, 3.05) is 13.1 Å². The summed E-state index contributed by atoms with van der Waals surface area (Å²) in [6.07, 6.45) is -2.19. The number of hydrogen-bond donors (Lipinski definition) is 2. The van der Waals surface area contributed by atoms with Crippen LogP contribution in [-0.2, 0) is 16.1 Å². The largest absolute Gasteiger partial charge is 0.320 e. The number of fused-ring (bicyclic) bond motifs is 1. The average Bonchev–Trinajstić information content (AvgIpc) is 2.95. The number of carbonyl (C=O) groups excluding carboxylic acids is 4. The predicted molar refractivity (Wildman–Crippen MR) is 101 cm³/mol. The Kier molecular flexibility index (Phi) is 5.15. The zero-order chi connectivity index (χ0) is 21.6. The lowest BCUT2D eigenvalue weighted by Crippen LogP contribution is -2.55. The molecule has 10 heteroatoms. The number of hydrogen-bond acceptors (Lipinski definition) is 6. The first kappa shape index (κ1) is 20.5. The Hall–Kier alpha value is -2.72. The van der Waals surface area contributed by atoms with Crippen LogP contribution < -0.4 is 11.1 Å². The van der Waals surface area contributed by atoms with Crippen LogP contribution in [0.25, 0.3) is 0 Å². The van der Waals surface area contributed by atoms with Crippen molar-refractivity contribution in [3.8, 4) is 0 Å². The molecule has 160 valence electrons. The number of nitrogens with two attached hydrogens (primary N) is 1. The summed E-state index contributed by atoms with van der Waals surface area (Å²) in [5.41, 5.74) is 5.31. The van der Waals surface area contributed by atoms with E-state index in [1.807, 2.05) is 4.90 Å². The lowest BCUT2D eigenvalue weighted by atomic mass is 9.88. The fraction of sp³-hybridized carbons (Fsp3) is 0.500. The molecule has 0 spiro atoms. The number of carbonyl (C=O) groups is 4. The van der Waals surface area contributed by atoms with Crippen LogP contribution in [0.15, 0.2) is 18.2 Å². The molecule has 30 heavy (non-hydrogen) atoms. The second-order valence-electron chi connectivity index (χ2n) is 8.10. The molecule has 1 atom stereocenters. The number of amides is 4. The maximum atomic E-state index is 13.1. The summed E-state index contributed by atoms with van der Waals surface area (Å²) in [7, 11) is 0. The van der Waals surface area contributed by atoms with Crippen molar-refractivity contribution in [3.63, 3.8) is 0 Å². The van der Waals surface area contributed by atoms with Gasteiger partial charge in [0.1, 0.15) is 6.04 Å². The van der Waals surface area contributed by atoms with Gasteiger partial charge in [-0.25, -0.2) is 8.78 Å². The van der Waals surface area contributed by atoms with Crippen LogP contribution in [0.1, 0.15) is 52.0 Å². The zero-order valence-electron chi connectivity index (χ0n) is 16.2. The Bertz CT molecular complexity index is 927.